The Morgan fingerprint density at radius 3 is 1.83 bits per heavy atom. The van der Waals surface area contributed by atoms with E-state index in [4.69, 9.17) is 19.9 Å². The van der Waals surface area contributed by atoms with Crippen molar-refractivity contribution in [2.24, 2.45) is 0 Å². The Morgan fingerprint density at radius 1 is 0.362 bits per heavy atom. The SMILES string of the molecule is c1ccc(-c2nc(-c3ccc4sc5ccccc5c4c3)nc(-c3cccc4c3sc3c(-c5nc6ccccc6s5)cccc34)n2)cc1. The Balaban J connectivity index is 1.19. The molecule has 220 valence electrons. The molecule has 6 aromatic carbocycles. The molecule has 0 aliphatic heterocycles. The molecule has 0 aliphatic carbocycles. The molecule has 0 aliphatic rings. The highest BCUT2D eigenvalue weighted by atomic mass is 32.1. The minimum Gasteiger partial charge on any atom is -0.236 e. The van der Waals surface area contributed by atoms with E-state index in [9.17, 15) is 0 Å². The van der Waals surface area contributed by atoms with Crippen molar-refractivity contribution in [3.05, 3.63) is 133 Å². The average Bonchev–Trinajstić information content (AvgIpc) is 3.85. The first-order chi connectivity index (χ1) is 23.3. The summed E-state index contributed by atoms with van der Waals surface area (Å²) in [5, 5.41) is 5.93. The number of benzene rings is 6. The molecule has 10 rings (SSSR count). The maximum Gasteiger partial charge on any atom is 0.165 e. The second-order valence-electron chi connectivity index (χ2n) is 11.4. The summed E-state index contributed by atoms with van der Waals surface area (Å²) in [5.41, 5.74) is 5.13. The lowest BCUT2D eigenvalue weighted by molar-refractivity contribution is 1.08. The molecule has 10 aromatic rings. The monoisotopic (exact) mass is 654 g/mol. The number of thiazole rings is 1. The Kier molecular flexibility index (Phi) is 6.05. The summed E-state index contributed by atoms with van der Waals surface area (Å²) in [6, 6.07) is 46.7. The Labute approximate surface area is 281 Å². The third kappa shape index (κ3) is 4.39. The van der Waals surface area contributed by atoms with Gasteiger partial charge in [-0.2, -0.15) is 0 Å². The van der Waals surface area contributed by atoms with Gasteiger partial charge in [0.2, 0.25) is 0 Å². The van der Waals surface area contributed by atoms with Crippen molar-refractivity contribution in [2.45, 2.75) is 0 Å². The van der Waals surface area contributed by atoms with Gasteiger partial charge in [0.05, 0.1) is 10.2 Å². The summed E-state index contributed by atoms with van der Waals surface area (Å²) >= 11 is 5.34. The third-order valence-electron chi connectivity index (χ3n) is 8.59. The molecule has 0 saturated carbocycles. The number of aromatic nitrogens is 4. The molecule has 0 radical (unpaired) electrons. The number of hydrogen-bond acceptors (Lipinski definition) is 7. The molecule has 0 fully saturated rings. The van der Waals surface area contributed by atoms with Gasteiger partial charge in [-0.1, -0.05) is 91.0 Å². The van der Waals surface area contributed by atoms with Gasteiger partial charge in [0.25, 0.3) is 0 Å². The van der Waals surface area contributed by atoms with Crippen LogP contribution >= 0.6 is 34.0 Å². The van der Waals surface area contributed by atoms with Crippen molar-refractivity contribution in [2.75, 3.05) is 0 Å². The van der Waals surface area contributed by atoms with Gasteiger partial charge < -0.3 is 0 Å². The molecule has 7 heteroatoms. The third-order valence-corrected chi connectivity index (χ3v) is 12.1. The Bertz CT molecular complexity index is 2780. The molecule has 0 spiro atoms. The second-order valence-corrected chi connectivity index (χ2v) is 14.6. The zero-order valence-electron chi connectivity index (χ0n) is 24.7. The molecule has 47 heavy (non-hydrogen) atoms. The first-order valence-electron chi connectivity index (χ1n) is 15.3. The minimum atomic E-state index is 0.661. The van der Waals surface area contributed by atoms with Gasteiger partial charge in [0.1, 0.15) is 5.01 Å². The molecule has 0 saturated heterocycles. The first-order valence-corrected chi connectivity index (χ1v) is 17.8. The molecule has 4 nitrogen and oxygen atoms in total. The van der Waals surface area contributed by atoms with Crippen LogP contribution in [0.5, 0.6) is 0 Å². The van der Waals surface area contributed by atoms with Crippen molar-refractivity contribution < 1.29 is 0 Å². The summed E-state index contributed by atoms with van der Waals surface area (Å²) in [5.74, 6) is 2.00. The molecule has 0 atom stereocenters. The minimum absolute atomic E-state index is 0.661. The van der Waals surface area contributed by atoms with Gasteiger partial charge in [-0.05, 0) is 42.5 Å². The van der Waals surface area contributed by atoms with Crippen LogP contribution in [0.1, 0.15) is 0 Å². The van der Waals surface area contributed by atoms with Gasteiger partial charge in [0, 0.05) is 62.6 Å². The van der Waals surface area contributed by atoms with E-state index in [2.05, 4.69) is 109 Å². The normalized spacial score (nSPS) is 11.8. The van der Waals surface area contributed by atoms with Crippen molar-refractivity contribution >= 4 is 84.6 Å². The summed E-state index contributed by atoms with van der Waals surface area (Å²) < 4.78 is 6.11. The molecule has 0 amide bonds. The topological polar surface area (TPSA) is 51.6 Å². The zero-order valence-corrected chi connectivity index (χ0v) is 27.2. The zero-order chi connectivity index (χ0) is 30.9. The van der Waals surface area contributed by atoms with E-state index in [1.54, 1.807) is 22.7 Å². The predicted molar refractivity (Wildman–Crippen MR) is 201 cm³/mol. The largest absolute Gasteiger partial charge is 0.236 e. The van der Waals surface area contributed by atoms with Crippen molar-refractivity contribution in [1.29, 1.82) is 0 Å². The summed E-state index contributed by atoms with van der Waals surface area (Å²) in [4.78, 5) is 20.3. The van der Waals surface area contributed by atoms with Gasteiger partial charge in [-0.25, -0.2) is 19.9 Å². The van der Waals surface area contributed by atoms with Gasteiger partial charge in [-0.15, -0.1) is 34.0 Å². The molecule has 4 heterocycles. The van der Waals surface area contributed by atoms with E-state index in [1.807, 2.05) is 35.6 Å². The number of thiophene rings is 2. The standard InChI is InChI=1S/C40H22N4S3/c1-2-10-23(11-3-1)37-42-38(24-20-21-33-30(22-24)25-12-4-6-18-32(25)45-33)44-39(43-37)28-15-8-13-26-27-14-9-16-29(36(27)47-35(26)28)40-41-31-17-5-7-19-34(31)46-40/h1-22H. The van der Waals surface area contributed by atoms with Crippen LogP contribution in [-0.2, 0) is 0 Å². The molecular weight excluding hydrogens is 633 g/mol. The lowest BCUT2D eigenvalue weighted by Crippen LogP contribution is -2.00. The van der Waals surface area contributed by atoms with E-state index in [1.165, 1.54) is 40.3 Å². The molecule has 0 unspecified atom stereocenters. The Hall–Kier alpha value is -5.34. The number of nitrogens with zero attached hydrogens (tertiary/aromatic N) is 4. The van der Waals surface area contributed by atoms with Crippen LogP contribution in [0.25, 0.3) is 95.3 Å². The number of hydrogen-bond donors (Lipinski definition) is 0. The summed E-state index contributed by atoms with van der Waals surface area (Å²) in [6.07, 6.45) is 0. The van der Waals surface area contributed by atoms with E-state index in [0.29, 0.717) is 17.5 Å². The van der Waals surface area contributed by atoms with Crippen LogP contribution in [0.2, 0.25) is 0 Å². The molecule has 0 bridgehead atoms. The van der Waals surface area contributed by atoms with E-state index < -0.39 is 0 Å². The smallest absolute Gasteiger partial charge is 0.165 e. The quantitative estimate of drug-likeness (QED) is 0.189. The number of rotatable bonds is 4. The fraction of sp³-hybridized carbons (Fsp3) is 0. The van der Waals surface area contributed by atoms with Crippen molar-refractivity contribution in [3.8, 4) is 44.7 Å². The van der Waals surface area contributed by atoms with E-state index in [0.717, 1.165) is 37.5 Å². The highest BCUT2D eigenvalue weighted by Gasteiger charge is 2.19. The highest BCUT2D eigenvalue weighted by molar-refractivity contribution is 7.28. The van der Waals surface area contributed by atoms with E-state index in [-0.39, 0.29) is 0 Å². The lowest BCUT2D eigenvalue weighted by Gasteiger charge is -2.09. The van der Waals surface area contributed by atoms with Crippen LogP contribution in [0, 0.1) is 0 Å². The van der Waals surface area contributed by atoms with Crippen LogP contribution in [0.15, 0.2) is 133 Å². The van der Waals surface area contributed by atoms with E-state index >= 15 is 0 Å². The Morgan fingerprint density at radius 2 is 1.00 bits per heavy atom. The highest BCUT2D eigenvalue weighted by Crippen LogP contribution is 2.45. The fourth-order valence-corrected chi connectivity index (χ4v) is 9.83. The number of fused-ring (bicyclic) bond motifs is 7. The van der Waals surface area contributed by atoms with Crippen LogP contribution in [0.3, 0.4) is 0 Å². The second kappa shape index (κ2) is 10.6. The van der Waals surface area contributed by atoms with Gasteiger partial charge in [-0.3, -0.25) is 0 Å². The van der Waals surface area contributed by atoms with Crippen molar-refractivity contribution in [1.82, 2.24) is 19.9 Å². The predicted octanol–water partition coefficient (Wildman–Crippen LogP) is 11.9. The molecular formula is C40H22N4S3. The fourth-order valence-electron chi connectivity index (χ4n) is 6.36. The number of para-hydroxylation sites is 1. The summed E-state index contributed by atoms with van der Waals surface area (Å²) in [7, 11) is 0. The van der Waals surface area contributed by atoms with Crippen LogP contribution in [0.4, 0.5) is 0 Å². The first kappa shape index (κ1) is 26.8. The molecule has 0 N–H and O–H groups in total. The molecule has 4 aromatic heterocycles. The maximum absolute atomic E-state index is 5.18. The van der Waals surface area contributed by atoms with Gasteiger partial charge >= 0.3 is 0 Å². The van der Waals surface area contributed by atoms with Crippen molar-refractivity contribution in [3.63, 3.8) is 0 Å². The maximum atomic E-state index is 5.18. The lowest BCUT2D eigenvalue weighted by atomic mass is 10.1. The van der Waals surface area contributed by atoms with Gasteiger partial charge in [0.15, 0.2) is 17.5 Å². The van der Waals surface area contributed by atoms with Crippen LogP contribution in [-0.4, -0.2) is 19.9 Å². The summed E-state index contributed by atoms with van der Waals surface area (Å²) in [6.45, 7) is 0. The van der Waals surface area contributed by atoms with Crippen LogP contribution < -0.4 is 0 Å². The average molecular weight is 655 g/mol.